The van der Waals surface area contributed by atoms with Gasteiger partial charge in [-0.3, -0.25) is 9.78 Å². The second-order valence-corrected chi connectivity index (χ2v) is 7.94. The average molecular weight is 417 g/mol. The molecule has 0 radical (unpaired) electrons. The smallest absolute Gasteiger partial charge is 0.186 e. The molecular formula is C21H20N8S. The molecule has 0 aliphatic carbocycles. The Labute approximate surface area is 177 Å². The number of H-pyrrole nitrogens is 1. The topological polar surface area (TPSA) is 87.5 Å². The lowest BCUT2D eigenvalue weighted by molar-refractivity contribution is 0.770. The summed E-state index contributed by atoms with van der Waals surface area (Å²) in [6.45, 7) is 0. The summed E-state index contributed by atoms with van der Waals surface area (Å²) in [5.74, 6) is 0.681. The van der Waals surface area contributed by atoms with Crippen molar-refractivity contribution in [3.8, 4) is 22.5 Å². The molecule has 8 nitrogen and oxygen atoms in total. The van der Waals surface area contributed by atoms with Gasteiger partial charge in [-0.1, -0.05) is 6.07 Å². The van der Waals surface area contributed by atoms with E-state index >= 15 is 0 Å². The predicted molar refractivity (Wildman–Crippen MR) is 121 cm³/mol. The highest BCUT2D eigenvalue weighted by molar-refractivity contribution is 7.08. The van der Waals surface area contributed by atoms with Crippen LogP contribution in [0.1, 0.15) is 0 Å². The van der Waals surface area contributed by atoms with Gasteiger partial charge in [0.05, 0.1) is 22.5 Å². The number of aromatic amines is 1. The van der Waals surface area contributed by atoms with Gasteiger partial charge in [0.15, 0.2) is 5.65 Å². The molecule has 0 amide bonds. The zero-order valence-corrected chi connectivity index (χ0v) is 17.6. The highest BCUT2D eigenvalue weighted by atomic mass is 32.1. The summed E-state index contributed by atoms with van der Waals surface area (Å²) in [4.78, 5) is 10.9. The number of nitrogens with one attached hydrogen (secondary N) is 2. The lowest BCUT2D eigenvalue weighted by atomic mass is 10.1. The van der Waals surface area contributed by atoms with Crippen LogP contribution in [0, 0.1) is 0 Å². The maximum atomic E-state index is 4.53. The van der Waals surface area contributed by atoms with Gasteiger partial charge in [0.25, 0.3) is 0 Å². The Bertz CT molecular complexity index is 1320. The molecular weight excluding hydrogens is 396 g/mol. The van der Waals surface area contributed by atoms with Crippen LogP contribution < -0.4 is 10.2 Å². The van der Waals surface area contributed by atoms with Crippen molar-refractivity contribution in [1.82, 2.24) is 29.9 Å². The SMILES string of the molecule is CN(C)c1ccc(-c2ccsc2)cc1Nc1ncnc2n[nH]c(-c3ccn(C)n3)c12. The van der Waals surface area contributed by atoms with Crippen molar-refractivity contribution < 1.29 is 0 Å². The molecule has 0 unspecified atom stereocenters. The summed E-state index contributed by atoms with van der Waals surface area (Å²) in [6, 6.07) is 10.5. The third-order valence-corrected chi connectivity index (χ3v) is 5.59. The molecule has 0 fully saturated rings. The average Bonchev–Trinajstić information content (AvgIpc) is 3.48. The van der Waals surface area contributed by atoms with Crippen molar-refractivity contribution in [2.45, 2.75) is 0 Å². The van der Waals surface area contributed by atoms with Crippen LogP contribution in [-0.2, 0) is 7.05 Å². The molecule has 9 heteroatoms. The van der Waals surface area contributed by atoms with Crippen LogP contribution in [0.4, 0.5) is 17.2 Å². The molecule has 0 bridgehead atoms. The molecule has 4 heterocycles. The van der Waals surface area contributed by atoms with Gasteiger partial charge in [0.2, 0.25) is 0 Å². The Kier molecular flexibility index (Phi) is 4.44. The quantitative estimate of drug-likeness (QED) is 0.444. The molecule has 0 saturated carbocycles. The van der Waals surface area contributed by atoms with E-state index < -0.39 is 0 Å². The summed E-state index contributed by atoms with van der Waals surface area (Å²) in [7, 11) is 5.94. The molecule has 2 N–H and O–H groups in total. The van der Waals surface area contributed by atoms with Gasteiger partial charge < -0.3 is 10.2 Å². The van der Waals surface area contributed by atoms with Crippen LogP contribution in [0.5, 0.6) is 0 Å². The second kappa shape index (κ2) is 7.27. The number of nitrogens with zero attached hydrogens (tertiary/aromatic N) is 6. The molecule has 0 saturated heterocycles. The largest absolute Gasteiger partial charge is 0.376 e. The van der Waals surface area contributed by atoms with Crippen LogP contribution in [0.3, 0.4) is 0 Å². The number of hydrogen-bond acceptors (Lipinski definition) is 7. The van der Waals surface area contributed by atoms with E-state index in [0.29, 0.717) is 11.5 Å². The number of thiophene rings is 1. The Morgan fingerprint density at radius 3 is 2.73 bits per heavy atom. The van der Waals surface area contributed by atoms with Crippen molar-refractivity contribution in [2.75, 3.05) is 24.3 Å². The van der Waals surface area contributed by atoms with Gasteiger partial charge in [-0.05, 0) is 46.2 Å². The second-order valence-electron chi connectivity index (χ2n) is 7.16. The Morgan fingerprint density at radius 2 is 2.00 bits per heavy atom. The van der Waals surface area contributed by atoms with Gasteiger partial charge in [-0.2, -0.15) is 21.5 Å². The van der Waals surface area contributed by atoms with E-state index in [9.17, 15) is 0 Å². The lowest BCUT2D eigenvalue weighted by Gasteiger charge is -2.19. The van der Waals surface area contributed by atoms with Crippen molar-refractivity contribution >= 4 is 39.6 Å². The summed E-state index contributed by atoms with van der Waals surface area (Å²) in [5.41, 5.74) is 6.52. The zero-order chi connectivity index (χ0) is 20.7. The highest BCUT2D eigenvalue weighted by Crippen LogP contribution is 2.36. The summed E-state index contributed by atoms with van der Waals surface area (Å²) < 4.78 is 1.76. The predicted octanol–water partition coefficient (Wildman–Crippen LogP) is 4.29. The first-order valence-corrected chi connectivity index (χ1v) is 10.3. The maximum absolute atomic E-state index is 4.53. The number of fused-ring (bicyclic) bond motifs is 1. The first-order valence-electron chi connectivity index (χ1n) is 9.40. The summed E-state index contributed by atoms with van der Waals surface area (Å²) >= 11 is 1.69. The standard InChI is InChI=1S/C21H20N8S/c1-28(2)17-5-4-13(14-7-9-30-11-14)10-16(17)24-20-18-19(15-6-8-29(3)27-15)25-26-21(18)23-12-22-20/h4-12H,1-3H3,(H2,22,23,24,25,26). The van der Waals surface area contributed by atoms with E-state index in [1.54, 1.807) is 16.0 Å². The van der Waals surface area contributed by atoms with Crippen molar-refractivity contribution in [1.29, 1.82) is 0 Å². The van der Waals surface area contributed by atoms with Crippen LogP contribution in [0.2, 0.25) is 0 Å². The molecule has 5 rings (SSSR count). The highest BCUT2D eigenvalue weighted by Gasteiger charge is 2.17. The zero-order valence-electron chi connectivity index (χ0n) is 16.8. The molecule has 0 atom stereocenters. The molecule has 0 aliphatic heterocycles. The molecule has 5 aromatic rings. The Balaban J connectivity index is 1.64. The maximum Gasteiger partial charge on any atom is 0.186 e. The van der Waals surface area contributed by atoms with E-state index in [2.05, 4.69) is 70.5 Å². The van der Waals surface area contributed by atoms with Crippen LogP contribution >= 0.6 is 11.3 Å². The van der Waals surface area contributed by atoms with E-state index in [1.807, 2.05) is 33.4 Å². The minimum absolute atomic E-state index is 0.591. The lowest BCUT2D eigenvalue weighted by Crippen LogP contribution is -2.11. The van der Waals surface area contributed by atoms with E-state index in [-0.39, 0.29) is 0 Å². The van der Waals surface area contributed by atoms with Gasteiger partial charge in [-0.25, -0.2) is 9.97 Å². The van der Waals surface area contributed by atoms with Gasteiger partial charge >= 0.3 is 0 Å². The molecule has 0 aliphatic rings. The Morgan fingerprint density at radius 1 is 1.10 bits per heavy atom. The van der Waals surface area contributed by atoms with E-state index in [4.69, 9.17) is 0 Å². The third-order valence-electron chi connectivity index (χ3n) is 4.91. The van der Waals surface area contributed by atoms with Crippen LogP contribution in [0.15, 0.2) is 53.6 Å². The summed E-state index contributed by atoms with van der Waals surface area (Å²) in [5, 5.41) is 20.5. The van der Waals surface area contributed by atoms with Crippen molar-refractivity contribution in [3.05, 3.63) is 53.6 Å². The monoisotopic (exact) mass is 416 g/mol. The van der Waals surface area contributed by atoms with Crippen LogP contribution in [0.25, 0.3) is 33.5 Å². The molecule has 0 spiro atoms. The van der Waals surface area contributed by atoms with Crippen molar-refractivity contribution in [2.24, 2.45) is 7.05 Å². The fourth-order valence-electron chi connectivity index (χ4n) is 3.45. The number of rotatable bonds is 5. The molecule has 4 aromatic heterocycles. The fraction of sp³-hybridized carbons (Fsp3) is 0.143. The minimum atomic E-state index is 0.591. The minimum Gasteiger partial charge on any atom is -0.376 e. The number of aryl methyl sites for hydroxylation is 1. The summed E-state index contributed by atoms with van der Waals surface area (Å²) in [6.07, 6.45) is 3.42. The normalized spacial score (nSPS) is 11.2. The van der Waals surface area contributed by atoms with E-state index in [0.717, 1.165) is 33.7 Å². The molecule has 30 heavy (non-hydrogen) atoms. The van der Waals surface area contributed by atoms with Gasteiger partial charge in [-0.15, -0.1) is 0 Å². The first-order chi connectivity index (χ1) is 14.6. The van der Waals surface area contributed by atoms with E-state index in [1.165, 1.54) is 11.9 Å². The molecule has 1 aromatic carbocycles. The third kappa shape index (κ3) is 3.18. The number of anilines is 3. The number of benzene rings is 1. The first kappa shape index (κ1) is 18.3. The van der Waals surface area contributed by atoms with Crippen molar-refractivity contribution in [3.63, 3.8) is 0 Å². The fourth-order valence-corrected chi connectivity index (χ4v) is 4.11. The molecule has 150 valence electrons. The Hall–Kier alpha value is -3.72. The van der Waals surface area contributed by atoms with Gasteiger partial charge in [0, 0.05) is 27.3 Å². The number of aromatic nitrogens is 6. The van der Waals surface area contributed by atoms with Crippen LogP contribution in [-0.4, -0.2) is 44.0 Å². The van der Waals surface area contributed by atoms with Gasteiger partial charge in [0.1, 0.15) is 17.8 Å². The number of hydrogen-bond donors (Lipinski definition) is 2.